The second-order valence-corrected chi connectivity index (χ2v) is 8.08. The quantitative estimate of drug-likeness (QED) is 0.813. The highest BCUT2D eigenvalue weighted by Crippen LogP contribution is 2.44. The first kappa shape index (κ1) is 17.6. The maximum Gasteiger partial charge on any atom is 0.273 e. The van der Waals surface area contributed by atoms with E-state index >= 15 is 0 Å². The number of amides is 1. The molecule has 1 amide bonds. The van der Waals surface area contributed by atoms with E-state index in [0.29, 0.717) is 16.6 Å². The van der Waals surface area contributed by atoms with Crippen molar-refractivity contribution in [2.75, 3.05) is 26.7 Å². The van der Waals surface area contributed by atoms with E-state index in [4.69, 9.17) is 11.6 Å². The van der Waals surface area contributed by atoms with Crippen molar-refractivity contribution >= 4 is 17.5 Å². The lowest BCUT2D eigenvalue weighted by molar-refractivity contribution is 0.0483. The van der Waals surface area contributed by atoms with Gasteiger partial charge in [-0.25, -0.2) is 0 Å². The third-order valence-electron chi connectivity index (χ3n) is 6.28. The highest BCUT2D eigenvalue weighted by Gasteiger charge is 2.46. The summed E-state index contributed by atoms with van der Waals surface area (Å²) in [7, 11) is 4.00. The number of carbonyl (C=O) groups excluding carboxylic acids is 1. The molecule has 4 rings (SSSR count). The first-order valence-corrected chi connectivity index (χ1v) is 9.61. The fraction of sp³-hybridized carbons (Fsp3) is 0.500. The summed E-state index contributed by atoms with van der Waals surface area (Å²) in [5.74, 6) is 0.570. The summed E-state index contributed by atoms with van der Waals surface area (Å²) < 4.78 is 1.57. The first-order chi connectivity index (χ1) is 12.5. The maximum absolute atomic E-state index is 12.8. The Morgan fingerprint density at radius 1 is 1.19 bits per heavy atom. The van der Waals surface area contributed by atoms with Gasteiger partial charge < -0.3 is 4.90 Å². The van der Waals surface area contributed by atoms with E-state index in [1.54, 1.807) is 11.7 Å². The monoisotopic (exact) mass is 372 g/mol. The van der Waals surface area contributed by atoms with Gasteiger partial charge in [0.15, 0.2) is 0 Å². The number of rotatable bonds is 2. The molecule has 3 heterocycles. The van der Waals surface area contributed by atoms with E-state index in [0.717, 1.165) is 32.5 Å². The fourth-order valence-electron chi connectivity index (χ4n) is 4.66. The molecule has 1 aromatic heterocycles. The predicted molar refractivity (Wildman–Crippen MR) is 103 cm³/mol. The minimum absolute atomic E-state index is 0.00916. The number of likely N-dealkylation sites (tertiary alicyclic amines) is 2. The maximum atomic E-state index is 12.8. The van der Waals surface area contributed by atoms with Gasteiger partial charge in [-0.1, -0.05) is 41.9 Å². The Bertz CT molecular complexity index is 776. The molecule has 1 atom stereocenters. The molecule has 0 bridgehead atoms. The van der Waals surface area contributed by atoms with Crippen molar-refractivity contribution in [1.82, 2.24) is 19.6 Å². The minimum Gasteiger partial charge on any atom is -0.337 e. The average Bonchev–Trinajstić information content (AvgIpc) is 3.16. The van der Waals surface area contributed by atoms with Gasteiger partial charge in [-0.05, 0) is 37.8 Å². The Balaban J connectivity index is 1.45. The molecule has 1 spiro atoms. The predicted octanol–water partition coefficient (Wildman–Crippen LogP) is 3.17. The van der Waals surface area contributed by atoms with E-state index in [9.17, 15) is 4.79 Å². The van der Waals surface area contributed by atoms with Crippen LogP contribution in [0.15, 0.2) is 36.5 Å². The lowest BCUT2D eigenvalue weighted by Crippen LogP contribution is -2.52. The second-order valence-electron chi connectivity index (χ2n) is 7.67. The zero-order valence-electron chi connectivity index (χ0n) is 15.4. The number of likely N-dealkylation sites (N-methyl/N-ethyl adjacent to an activating group) is 1. The van der Waals surface area contributed by atoms with Crippen molar-refractivity contribution in [3.8, 4) is 0 Å². The lowest BCUT2D eigenvalue weighted by atomic mass is 9.81. The summed E-state index contributed by atoms with van der Waals surface area (Å²) in [4.78, 5) is 17.3. The summed E-state index contributed by atoms with van der Waals surface area (Å²) in [6.45, 7) is 2.63. The van der Waals surface area contributed by atoms with Crippen LogP contribution in [0.3, 0.4) is 0 Å². The number of aromatic nitrogens is 2. The summed E-state index contributed by atoms with van der Waals surface area (Å²) in [5.41, 5.74) is 2.12. The molecule has 2 aromatic rings. The largest absolute Gasteiger partial charge is 0.337 e. The van der Waals surface area contributed by atoms with Gasteiger partial charge in [-0.2, -0.15) is 5.10 Å². The van der Waals surface area contributed by atoms with E-state index < -0.39 is 0 Å². The Morgan fingerprint density at radius 3 is 2.50 bits per heavy atom. The first-order valence-electron chi connectivity index (χ1n) is 9.23. The molecule has 2 saturated heterocycles. The Kier molecular flexibility index (Phi) is 4.53. The van der Waals surface area contributed by atoms with Crippen LogP contribution < -0.4 is 0 Å². The molecule has 5 nitrogen and oxygen atoms in total. The van der Waals surface area contributed by atoms with Gasteiger partial charge >= 0.3 is 0 Å². The second kappa shape index (κ2) is 6.71. The fourth-order valence-corrected chi connectivity index (χ4v) is 4.91. The SMILES string of the molecule is CN1CC(c2ccccc2)CC12CCN(C(=O)c1c(Cl)cnn1C)CC2. The van der Waals surface area contributed by atoms with Crippen molar-refractivity contribution in [2.45, 2.75) is 30.7 Å². The number of halogens is 1. The number of benzene rings is 1. The molecule has 6 heteroatoms. The van der Waals surface area contributed by atoms with Crippen LogP contribution in [0.5, 0.6) is 0 Å². The van der Waals surface area contributed by atoms with Gasteiger partial charge in [-0.15, -0.1) is 0 Å². The molecule has 0 aliphatic carbocycles. The van der Waals surface area contributed by atoms with Crippen molar-refractivity contribution < 1.29 is 4.79 Å². The molecule has 2 aliphatic rings. The smallest absolute Gasteiger partial charge is 0.273 e. The van der Waals surface area contributed by atoms with Crippen LogP contribution in [-0.2, 0) is 7.05 Å². The summed E-state index contributed by atoms with van der Waals surface area (Å²) >= 11 is 6.15. The molecule has 2 aliphatic heterocycles. The molecule has 1 unspecified atom stereocenters. The van der Waals surface area contributed by atoms with Gasteiger partial charge in [-0.3, -0.25) is 14.4 Å². The third kappa shape index (κ3) is 2.93. The van der Waals surface area contributed by atoms with Gasteiger partial charge in [0.05, 0.1) is 11.2 Å². The molecule has 138 valence electrons. The molecule has 1 aromatic carbocycles. The zero-order valence-corrected chi connectivity index (χ0v) is 16.1. The topological polar surface area (TPSA) is 41.4 Å². The summed E-state index contributed by atoms with van der Waals surface area (Å²) in [6.07, 6.45) is 4.72. The van der Waals surface area contributed by atoms with Crippen LogP contribution in [0, 0.1) is 0 Å². The van der Waals surface area contributed by atoms with Crippen LogP contribution in [0.25, 0.3) is 0 Å². The molecular formula is C20H25ClN4O. The zero-order chi connectivity index (χ0) is 18.3. The highest BCUT2D eigenvalue weighted by atomic mass is 35.5. The highest BCUT2D eigenvalue weighted by molar-refractivity contribution is 6.33. The van der Waals surface area contributed by atoms with Gasteiger partial charge in [0.1, 0.15) is 5.69 Å². The molecule has 0 N–H and O–H groups in total. The Labute approximate surface area is 159 Å². The molecule has 0 saturated carbocycles. The molecule has 2 fully saturated rings. The standard InChI is InChI=1S/C20H25ClN4O/c1-23-14-16(15-6-4-3-5-7-15)12-20(23)8-10-25(11-9-20)19(26)18-17(21)13-22-24(18)2/h3-7,13,16H,8-12,14H2,1-2H3. The number of piperidine rings is 1. The molecule has 0 radical (unpaired) electrons. The normalized spacial score (nSPS) is 22.9. The minimum atomic E-state index is -0.00916. The number of hydrogen-bond donors (Lipinski definition) is 0. The van der Waals surface area contributed by atoms with Crippen molar-refractivity contribution in [2.24, 2.45) is 7.05 Å². The summed E-state index contributed by atoms with van der Waals surface area (Å²) in [6, 6.07) is 10.8. The van der Waals surface area contributed by atoms with Crippen LogP contribution in [-0.4, -0.2) is 57.7 Å². The van der Waals surface area contributed by atoms with Gasteiger partial charge in [0.25, 0.3) is 5.91 Å². The molecular weight excluding hydrogens is 348 g/mol. The lowest BCUT2D eigenvalue weighted by Gasteiger charge is -2.43. The van der Waals surface area contributed by atoms with Crippen molar-refractivity contribution in [1.29, 1.82) is 0 Å². The van der Waals surface area contributed by atoms with E-state index in [1.807, 2.05) is 4.90 Å². The number of aryl methyl sites for hydroxylation is 1. The Morgan fingerprint density at radius 2 is 1.88 bits per heavy atom. The third-order valence-corrected chi connectivity index (χ3v) is 6.56. The number of nitrogens with zero attached hydrogens (tertiary/aromatic N) is 4. The van der Waals surface area contributed by atoms with Gasteiger partial charge in [0.2, 0.25) is 0 Å². The number of hydrogen-bond acceptors (Lipinski definition) is 3. The van der Waals surface area contributed by atoms with Crippen LogP contribution in [0.2, 0.25) is 5.02 Å². The average molecular weight is 373 g/mol. The Hall–Kier alpha value is -1.85. The van der Waals surface area contributed by atoms with E-state index in [1.165, 1.54) is 18.2 Å². The van der Waals surface area contributed by atoms with Crippen LogP contribution in [0.1, 0.15) is 41.2 Å². The van der Waals surface area contributed by atoms with Crippen molar-refractivity contribution in [3.63, 3.8) is 0 Å². The van der Waals surface area contributed by atoms with Gasteiger partial charge in [0, 0.05) is 32.2 Å². The van der Waals surface area contributed by atoms with E-state index in [2.05, 4.69) is 47.4 Å². The van der Waals surface area contributed by atoms with Crippen LogP contribution in [0.4, 0.5) is 0 Å². The van der Waals surface area contributed by atoms with Crippen molar-refractivity contribution in [3.05, 3.63) is 52.8 Å². The van der Waals surface area contributed by atoms with Crippen LogP contribution >= 0.6 is 11.6 Å². The summed E-state index contributed by atoms with van der Waals surface area (Å²) in [5, 5.41) is 4.52. The molecule has 26 heavy (non-hydrogen) atoms. The van der Waals surface area contributed by atoms with E-state index in [-0.39, 0.29) is 11.4 Å². The number of carbonyl (C=O) groups is 1.